The quantitative estimate of drug-likeness (QED) is 0.365. The van der Waals surface area contributed by atoms with Crippen LogP contribution < -0.4 is 0 Å². The Morgan fingerprint density at radius 3 is 2.23 bits per heavy atom. The molecule has 0 aromatic rings. The van der Waals surface area contributed by atoms with Crippen LogP contribution in [0.4, 0.5) is 13.2 Å². The molecule has 4 aliphatic carbocycles. The fourth-order valence-corrected chi connectivity index (χ4v) is 9.08. The van der Waals surface area contributed by atoms with Crippen LogP contribution in [0.25, 0.3) is 0 Å². The molecule has 8 unspecified atom stereocenters. The summed E-state index contributed by atoms with van der Waals surface area (Å²) in [5.74, 6) is 1.56. The van der Waals surface area contributed by atoms with E-state index in [0.29, 0.717) is 48.3 Å². The van der Waals surface area contributed by atoms with E-state index in [0.717, 1.165) is 39.2 Å². The first-order valence-electron chi connectivity index (χ1n) is 13.8. The van der Waals surface area contributed by atoms with Crippen LogP contribution in [0.3, 0.4) is 0 Å². The van der Waals surface area contributed by atoms with Gasteiger partial charge >= 0.3 is 6.18 Å². The van der Waals surface area contributed by atoms with Gasteiger partial charge in [0.25, 0.3) is 5.97 Å². The van der Waals surface area contributed by atoms with Gasteiger partial charge in [-0.1, -0.05) is 27.7 Å². The minimum Gasteiger partial charge on any atom is -0.481 e. The lowest BCUT2D eigenvalue weighted by Gasteiger charge is -2.58. The fraction of sp³-hybridized carbons (Fsp3) is 0.964. The molecule has 3 nitrogen and oxygen atoms in total. The van der Waals surface area contributed by atoms with Gasteiger partial charge in [-0.05, 0) is 105 Å². The Bertz CT molecular complexity index is 683. The summed E-state index contributed by atoms with van der Waals surface area (Å²) in [6, 6.07) is 0. The van der Waals surface area contributed by atoms with E-state index in [2.05, 4.69) is 13.8 Å². The molecule has 0 spiro atoms. The van der Waals surface area contributed by atoms with E-state index in [-0.39, 0.29) is 10.2 Å². The molecule has 4 rings (SSSR count). The zero-order chi connectivity index (χ0) is 26.6. The largest absolute Gasteiger partial charge is 0.481 e. The summed E-state index contributed by atoms with van der Waals surface area (Å²) in [6.07, 6.45) is 5.61. The monoisotopic (exact) mass is 522 g/mol. The maximum Gasteiger partial charge on any atom is 0.391 e. The van der Waals surface area contributed by atoms with Gasteiger partial charge in [0.05, 0.1) is 5.92 Å². The van der Waals surface area contributed by atoms with E-state index in [1.165, 1.54) is 25.7 Å². The molecule has 0 heterocycles. The predicted molar refractivity (Wildman–Crippen MR) is 139 cm³/mol. The Morgan fingerprint density at radius 2 is 1.66 bits per heavy atom. The fourth-order valence-electron chi connectivity index (χ4n) is 8.54. The molecule has 4 saturated carbocycles. The second-order valence-corrected chi connectivity index (χ2v) is 12.4. The second-order valence-electron chi connectivity index (χ2n) is 11.6. The van der Waals surface area contributed by atoms with Crippen LogP contribution in [0.5, 0.6) is 0 Å². The molecule has 35 heavy (non-hydrogen) atoms. The average molecular weight is 523 g/mol. The molecule has 0 amide bonds. The number of aliphatic carboxylic acids is 1. The molecule has 0 aliphatic heterocycles. The van der Waals surface area contributed by atoms with Gasteiger partial charge in [-0.15, -0.1) is 0 Å². The molecule has 0 saturated heterocycles. The third kappa shape index (κ3) is 6.35. The van der Waals surface area contributed by atoms with Gasteiger partial charge in [0, 0.05) is 25.4 Å². The van der Waals surface area contributed by atoms with Gasteiger partial charge in [-0.25, -0.2) is 0 Å². The minimum atomic E-state index is -4.00. The van der Waals surface area contributed by atoms with Gasteiger partial charge in [0.15, 0.2) is 0 Å². The summed E-state index contributed by atoms with van der Waals surface area (Å²) in [5, 5.41) is 7.42. The van der Waals surface area contributed by atoms with Gasteiger partial charge in [-0.3, -0.25) is 4.79 Å². The Balaban J connectivity index is 0.000000655. The first kappa shape index (κ1) is 30.8. The van der Waals surface area contributed by atoms with Crippen LogP contribution in [0.1, 0.15) is 98.8 Å². The molecule has 0 aromatic carbocycles. The molecule has 0 radical (unpaired) electrons. The number of rotatable bonds is 4. The van der Waals surface area contributed by atoms with Gasteiger partial charge in [-0.2, -0.15) is 25.8 Å². The van der Waals surface area contributed by atoms with Gasteiger partial charge in [0.2, 0.25) is 0 Å². The number of hydrogen-bond acceptors (Lipinski definition) is 3. The third-order valence-electron chi connectivity index (χ3n) is 10.2. The molecule has 0 bridgehead atoms. The molecule has 4 fully saturated rings. The van der Waals surface area contributed by atoms with Crippen LogP contribution >= 0.6 is 12.6 Å². The number of thiol groups is 1. The number of carboxylic acids is 1. The van der Waals surface area contributed by atoms with Crippen molar-refractivity contribution in [1.82, 2.24) is 0 Å². The zero-order valence-corrected chi connectivity index (χ0v) is 23.6. The lowest BCUT2D eigenvalue weighted by atomic mass is 9.48. The summed E-state index contributed by atoms with van der Waals surface area (Å²) >= 11 is 5.37. The van der Waals surface area contributed by atoms with Gasteiger partial charge < -0.3 is 9.84 Å². The minimum absolute atomic E-state index is 0.0615. The van der Waals surface area contributed by atoms with E-state index >= 15 is 0 Å². The molecular weight excluding hydrogens is 473 g/mol. The number of halogens is 3. The van der Waals surface area contributed by atoms with E-state index in [4.69, 9.17) is 27.3 Å². The van der Waals surface area contributed by atoms with Crippen LogP contribution in [0.15, 0.2) is 0 Å². The van der Waals surface area contributed by atoms with Crippen molar-refractivity contribution in [2.75, 3.05) is 13.7 Å². The van der Waals surface area contributed by atoms with Crippen LogP contribution in [-0.4, -0.2) is 35.7 Å². The van der Waals surface area contributed by atoms with Crippen molar-refractivity contribution in [1.29, 1.82) is 0 Å². The lowest BCUT2D eigenvalue weighted by molar-refractivity contribution is -0.196. The van der Waals surface area contributed by atoms with Crippen molar-refractivity contribution >= 4 is 18.6 Å². The molecule has 1 N–H and O–H groups in total. The van der Waals surface area contributed by atoms with Crippen molar-refractivity contribution in [2.45, 2.75) is 110 Å². The first-order chi connectivity index (χ1) is 16.3. The number of fused-ring (bicyclic) bond motifs is 5. The predicted octanol–water partition coefficient (Wildman–Crippen LogP) is 8.28. The maximum atomic E-state index is 13.3. The third-order valence-corrected chi connectivity index (χ3v) is 11.4. The Kier molecular flexibility index (Phi) is 10.9. The molecule has 4 aliphatic rings. The van der Waals surface area contributed by atoms with E-state index in [1.807, 2.05) is 13.8 Å². The zero-order valence-electron chi connectivity index (χ0n) is 22.7. The average Bonchev–Trinajstić information content (AvgIpc) is 3.09. The summed E-state index contributed by atoms with van der Waals surface area (Å²) in [5.41, 5.74) is 0.250. The summed E-state index contributed by atoms with van der Waals surface area (Å²) in [6.45, 7) is 10.7. The van der Waals surface area contributed by atoms with Crippen molar-refractivity contribution in [3.8, 4) is 0 Å². The van der Waals surface area contributed by atoms with Gasteiger partial charge in [0.1, 0.15) is 0 Å². The number of carbonyl (C=O) groups is 1. The Hall–Kier alpha value is -0.430. The number of alkyl halides is 3. The summed E-state index contributed by atoms with van der Waals surface area (Å²) in [4.78, 5) is 9.00. The second kappa shape index (κ2) is 12.4. The molecule has 9 atom stereocenters. The standard InChI is InChI=1S/C24H39F3OS.C2H4O2.C2H6/c1-15(10-13-28-3)23(29)12-9-21-20-6-4-16-14-17(24(25,26)27)5-7-18(16)19(20)8-11-22(21,23)2;1-2(3)4;1-2/h15-21,29H,4-14H2,1-3H3;1H3,(H,3,4);1-2H3/t15-,16?,17?,18?,19?,20?,21?,22?,23?;;/m1../s1. The number of hydrogen-bond donors (Lipinski definition) is 2. The molecule has 7 heteroatoms. The van der Waals surface area contributed by atoms with Crippen molar-refractivity contribution in [3.05, 3.63) is 0 Å². The molecular formula is C28H49F3O3S. The molecule has 206 valence electrons. The highest BCUT2D eigenvalue weighted by molar-refractivity contribution is 7.81. The normalized spacial score (nSPS) is 41.1. The highest BCUT2D eigenvalue weighted by atomic mass is 32.1. The van der Waals surface area contributed by atoms with Crippen molar-refractivity contribution in [2.24, 2.45) is 46.8 Å². The highest BCUT2D eigenvalue weighted by Crippen LogP contribution is 2.69. The number of ether oxygens (including phenoxy) is 1. The van der Waals surface area contributed by atoms with E-state index in [9.17, 15) is 13.2 Å². The van der Waals surface area contributed by atoms with Crippen LogP contribution in [-0.2, 0) is 9.53 Å². The Morgan fingerprint density at radius 1 is 1.06 bits per heavy atom. The van der Waals surface area contributed by atoms with Crippen LogP contribution in [0.2, 0.25) is 0 Å². The molecule has 0 aromatic heterocycles. The maximum absolute atomic E-state index is 13.3. The van der Waals surface area contributed by atoms with Crippen molar-refractivity contribution < 1.29 is 27.8 Å². The van der Waals surface area contributed by atoms with Crippen molar-refractivity contribution in [3.63, 3.8) is 0 Å². The lowest BCUT2D eigenvalue weighted by Crippen LogP contribution is -2.54. The summed E-state index contributed by atoms with van der Waals surface area (Å²) < 4.78 is 45.3. The van der Waals surface area contributed by atoms with E-state index < -0.39 is 18.1 Å². The van der Waals surface area contributed by atoms with Crippen LogP contribution in [0, 0.1) is 46.8 Å². The van der Waals surface area contributed by atoms with E-state index in [1.54, 1.807) is 7.11 Å². The Labute approximate surface area is 216 Å². The summed E-state index contributed by atoms with van der Waals surface area (Å²) in [7, 11) is 1.77. The first-order valence-corrected chi connectivity index (χ1v) is 14.3. The topological polar surface area (TPSA) is 46.5 Å². The highest BCUT2D eigenvalue weighted by Gasteiger charge is 2.63. The smallest absolute Gasteiger partial charge is 0.391 e. The SMILES string of the molecule is CC.CC(=O)O.COCC[C@@H](C)C1(S)CCC2C3CCC4CC(C(F)(F)F)CCC4C3CCC21C. The number of carboxylic acid groups (broad SMARTS) is 1. The number of methoxy groups -OCH3 is 1.